The number of carbonyl (C=O) groups is 2. The van der Waals surface area contributed by atoms with Crippen molar-refractivity contribution in [3.8, 4) is 11.3 Å². The number of carbonyl (C=O) groups excluding carboxylic acids is 2. The summed E-state index contributed by atoms with van der Waals surface area (Å²) in [4.78, 5) is 28.2. The van der Waals surface area contributed by atoms with E-state index in [2.05, 4.69) is 20.9 Å². The normalized spacial score (nSPS) is 14.1. The molecule has 1 aromatic heterocycles. The highest BCUT2D eigenvalue weighted by atomic mass is 19.4. The van der Waals surface area contributed by atoms with E-state index in [-0.39, 0.29) is 16.9 Å². The van der Waals surface area contributed by atoms with Gasteiger partial charge in [-0.25, -0.2) is 9.78 Å². The first-order valence-corrected chi connectivity index (χ1v) is 11.3. The van der Waals surface area contributed by atoms with Crippen molar-refractivity contribution in [1.82, 2.24) is 10.3 Å². The van der Waals surface area contributed by atoms with E-state index in [9.17, 15) is 44.7 Å². The average molecular weight is 558 g/mol. The van der Waals surface area contributed by atoms with E-state index in [0.29, 0.717) is 31.0 Å². The number of alkyl halides is 8. The number of aromatic nitrogens is 1. The van der Waals surface area contributed by atoms with Crippen molar-refractivity contribution >= 4 is 23.3 Å². The molecule has 206 valence electrons. The minimum absolute atomic E-state index is 0.220. The van der Waals surface area contributed by atoms with Gasteiger partial charge in [0.15, 0.2) is 0 Å². The molecule has 1 fully saturated rings. The maximum atomic E-state index is 14.9. The van der Waals surface area contributed by atoms with Gasteiger partial charge in [0.05, 0.1) is 16.9 Å². The lowest BCUT2D eigenvalue weighted by molar-refractivity contribution is -0.147. The summed E-state index contributed by atoms with van der Waals surface area (Å²) in [6.07, 6.45) is -8.48. The van der Waals surface area contributed by atoms with Crippen molar-refractivity contribution < 1.29 is 44.7 Å². The quantitative estimate of drug-likeness (QED) is 0.291. The van der Waals surface area contributed by atoms with E-state index < -0.39 is 58.8 Å². The number of pyridine rings is 1. The van der Waals surface area contributed by atoms with E-state index in [1.807, 2.05) is 0 Å². The van der Waals surface area contributed by atoms with Crippen LogP contribution in [0.5, 0.6) is 0 Å². The average Bonchev–Trinajstić information content (AvgIpc) is 3.67. The molecule has 3 N–H and O–H groups in total. The maximum Gasteiger partial charge on any atom is 0.433 e. The number of nitrogens with zero attached hydrogens (tertiary/aromatic N) is 1. The second-order valence-electron chi connectivity index (χ2n) is 8.65. The SMILES string of the molecule is O=C(Nc1cccc(C(F)(F)F)c1)Nc1cc(C(F)(F)C(=O)NC2CC2)ccc1-c1cccc(C(F)(F)F)n1. The molecule has 0 radical (unpaired) electrons. The number of anilines is 2. The van der Waals surface area contributed by atoms with Crippen LogP contribution < -0.4 is 16.0 Å². The molecule has 1 aliphatic carbocycles. The first kappa shape index (κ1) is 27.8. The number of benzene rings is 2. The minimum atomic E-state index is -4.83. The lowest BCUT2D eigenvalue weighted by Gasteiger charge is -2.19. The summed E-state index contributed by atoms with van der Waals surface area (Å²) in [7, 11) is 0. The molecular weight excluding hydrogens is 540 g/mol. The molecule has 6 nitrogen and oxygen atoms in total. The number of halogens is 8. The highest BCUT2D eigenvalue weighted by molar-refractivity contribution is 6.02. The first-order chi connectivity index (χ1) is 18.1. The lowest BCUT2D eigenvalue weighted by atomic mass is 10.0. The van der Waals surface area contributed by atoms with Gasteiger partial charge in [-0.15, -0.1) is 0 Å². The first-order valence-electron chi connectivity index (χ1n) is 11.3. The number of rotatable bonds is 6. The number of amides is 3. The number of urea groups is 1. The third-order valence-corrected chi connectivity index (χ3v) is 5.59. The van der Waals surface area contributed by atoms with E-state index >= 15 is 0 Å². The predicted molar refractivity (Wildman–Crippen MR) is 124 cm³/mol. The van der Waals surface area contributed by atoms with Gasteiger partial charge in [-0.2, -0.15) is 35.1 Å². The third-order valence-electron chi connectivity index (χ3n) is 5.59. The molecule has 14 heteroatoms. The molecule has 0 bridgehead atoms. The van der Waals surface area contributed by atoms with Crippen LogP contribution in [-0.4, -0.2) is 23.0 Å². The molecule has 0 spiro atoms. The van der Waals surface area contributed by atoms with E-state index in [1.165, 1.54) is 0 Å². The van der Waals surface area contributed by atoms with Crippen molar-refractivity contribution in [1.29, 1.82) is 0 Å². The van der Waals surface area contributed by atoms with Gasteiger partial charge in [-0.3, -0.25) is 4.79 Å². The lowest BCUT2D eigenvalue weighted by Crippen LogP contribution is -2.39. The second kappa shape index (κ2) is 10.2. The Kier molecular flexibility index (Phi) is 7.23. The van der Waals surface area contributed by atoms with Gasteiger partial charge in [-0.05, 0) is 49.2 Å². The van der Waals surface area contributed by atoms with Crippen LogP contribution in [0, 0.1) is 0 Å². The van der Waals surface area contributed by atoms with E-state index in [0.717, 1.165) is 42.5 Å². The van der Waals surface area contributed by atoms with Crippen LogP contribution in [0.25, 0.3) is 11.3 Å². The Morgan fingerprint density at radius 1 is 0.769 bits per heavy atom. The molecule has 4 rings (SSSR count). The monoisotopic (exact) mass is 558 g/mol. The number of nitrogens with one attached hydrogen (secondary N) is 3. The summed E-state index contributed by atoms with van der Waals surface area (Å²) in [5.41, 5.74) is -4.59. The maximum absolute atomic E-state index is 14.9. The van der Waals surface area contributed by atoms with Gasteiger partial charge < -0.3 is 16.0 Å². The summed E-state index contributed by atoms with van der Waals surface area (Å²) < 4.78 is 108. The van der Waals surface area contributed by atoms with Crippen LogP contribution in [0.2, 0.25) is 0 Å². The summed E-state index contributed by atoms with van der Waals surface area (Å²) in [6.45, 7) is 0. The minimum Gasteiger partial charge on any atom is -0.348 e. The standard InChI is InChI=1S/C25H18F8N4O2/c26-23(27,21(38)34-15-8-9-15)13-7-10-17(18-5-2-6-20(36-18)25(31,32)33)19(12-13)37-22(39)35-16-4-1-3-14(11-16)24(28,29)30/h1-7,10-12,15H,8-9H2,(H,34,38)(H2,35,37,39). The Hall–Kier alpha value is -4.23. The van der Waals surface area contributed by atoms with Gasteiger partial charge in [-0.1, -0.05) is 24.3 Å². The fourth-order valence-electron chi connectivity index (χ4n) is 3.50. The van der Waals surface area contributed by atoms with Crippen LogP contribution in [0.4, 0.5) is 51.3 Å². The third kappa shape index (κ3) is 6.62. The second-order valence-corrected chi connectivity index (χ2v) is 8.65. The molecule has 1 heterocycles. The van der Waals surface area contributed by atoms with Crippen LogP contribution in [-0.2, 0) is 23.1 Å². The topological polar surface area (TPSA) is 83.1 Å². The largest absolute Gasteiger partial charge is 0.433 e. The number of hydrogen-bond acceptors (Lipinski definition) is 3. The zero-order chi connectivity index (χ0) is 28.6. The van der Waals surface area contributed by atoms with Crippen LogP contribution >= 0.6 is 0 Å². The highest BCUT2D eigenvalue weighted by Crippen LogP contribution is 2.37. The highest BCUT2D eigenvalue weighted by Gasteiger charge is 2.43. The Morgan fingerprint density at radius 3 is 2.10 bits per heavy atom. The Labute approximate surface area is 215 Å². The molecule has 0 atom stereocenters. The molecule has 3 amide bonds. The van der Waals surface area contributed by atoms with Gasteiger partial charge in [0.1, 0.15) is 5.69 Å². The molecule has 0 aliphatic heterocycles. The summed E-state index contributed by atoms with van der Waals surface area (Å²) in [5, 5.41) is 6.43. The van der Waals surface area contributed by atoms with Gasteiger partial charge in [0.25, 0.3) is 5.91 Å². The zero-order valence-electron chi connectivity index (χ0n) is 19.6. The van der Waals surface area contributed by atoms with Crippen molar-refractivity contribution in [3.05, 3.63) is 77.5 Å². The van der Waals surface area contributed by atoms with Gasteiger partial charge in [0, 0.05) is 22.9 Å². The Morgan fingerprint density at radius 2 is 1.46 bits per heavy atom. The number of hydrogen-bond donors (Lipinski definition) is 3. The van der Waals surface area contributed by atoms with E-state index in [4.69, 9.17) is 0 Å². The Bertz CT molecular complexity index is 1400. The van der Waals surface area contributed by atoms with Crippen molar-refractivity contribution in [2.24, 2.45) is 0 Å². The molecule has 1 aliphatic rings. The van der Waals surface area contributed by atoms with E-state index in [1.54, 1.807) is 0 Å². The molecule has 39 heavy (non-hydrogen) atoms. The van der Waals surface area contributed by atoms with Crippen LogP contribution in [0.3, 0.4) is 0 Å². The predicted octanol–water partition coefficient (Wildman–Crippen LogP) is 6.80. The molecule has 0 saturated heterocycles. The van der Waals surface area contributed by atoms with Crippen molar-refractivity contribution in [3.63, 3.8) is 0 Å². The summed E-state index contributed by atoms with van der Waals surface area (Å²) >= 11 is 0. The fourth-order valence-corrected chi connectivity index (χ4v) is 3.50. The van der Waals surface area contributed by atoms with Crippen molar-refractivity contribution in [2.45, 2.75) is 37.2 Å². The molecular formula is C25H18F8N4O2. The smallest absolute Gasteiger partial charge is 0.348 e. The van der Waals surface area contributed by atoms with Gasteiger partial charge in [0.2, 0.25) is 0 Å². The summed E-state index contributed by atoms with van der Waals surface area (Å²) in [6, 6.07) is 7.25. The molecule has 1 saturated carbocycles. The summed E-state index contributed by atoms with van der Waals surface area (Å²) in [5.74, 6) is -5.68. The molecule has 3 aromatic rings. The fraction of sp³-hybridized carbons (Fsp3) is 0.240. The molecule has 2 aromatic carbocycles. The van der Waals surface area contributed by atoms with Crippen molar-refractivity contribution in [2.75, 3.05) is 10.6 Å². The van der Waals surface area contributed by atoms with Crippen LogP contribution in [0.15, 0.2) is 60.7 Å². The van der Waals surface area contributed by atoms with Crippen LogP contribution in [0.1, 0.15) is 29.7 Å². The van der Waals surface area contributed by atoms with Gasteiger partial charge >= 0.3 is 24.3 Å². The molecule has 0 unspecified atom stereocenters. The Balaban J connectivity index is 1.69. The zero-order valence-corrected chi connectivity index (χ0v) is 19.6.